The number of ether oxygens (including phenoxy) is 2. The molecule has 414 valence electrons. The Morgan fingerprint density at radius 3 is 1.47 bits per heavy atom. The van der Waals surface area contributed by atoms with E-state index >= 15 is 0 Å². The van der Waals surface area contributed by atoms with Gasteiger partial charge in [-0.15, -0.1) is 0 Å². The summed E-state index contributed by atoms with van der Waals surface area (Å²) in [4.78, 5) is 90.8. The van der Waals surface area contributed by atoms with E-state index in [1.807, 2.05) is 130 Å². The van der Waals surface area contributed by atoms with Crippen LogP contribution in [-0.2, 0) is 41.6 Å². The normalized spacial score (nSPS) is 17.6. The number of nitrogens with one attached hydrogen (secondary N) is 2. The Morgan fingerprint density at radius 2 is 1.08 bits per heavy atom. The van der Waals surface area contributed by atoms with Crippen molar-refractivity contribution in [2.24, 2.45) is 22.7 Å². The van der Waals surface area contributed by atoms with Crippen LogP contribution in [0.3, 0.4) is 0 Å². The van der Waals surface area contributed by atoms with Crippen molar-refractivity contribution in [2.45, 2.75) is 189 Å². The highest BCUT2D eigenvalue weighted by molar-refractivity contribution is 5.91. The quantitative estimate of drug-likeness (QED) is 0.0729. The predicted octanol–water partition coefficient (Wildman–Crippen LogP) is 9.06. The smallest absolute Gasteiger partial charge is 0.246 e. The Kier molecular flexibility index (Phi) is 24.9. The minimum absolute atomic E-state index is 0.00378. The van der Waals surface area contributed by atoms with Crippen molar-refractivity contribution in [1.82, 2.24) is 30.2 Å². The lowest BCUT2D eigenvalue weighted by atomic mass is 9.76. The van der Waals surface area contributed by atoms with Gasteiger partial charge in [0.15, 0.2) is 0 Å². The molecule has 2 aliphatic heterocycles. The number of unbranched alkanes of at least 4 members (excludes halogenated alkanes) is 5. The van der Waals surface area contributed by atoms with Crippen LogP contribution in [-0.4, -0.2) is 140 Å². The second-order valence-corrected chi connectivity index (χ2v) is 23.4. The summed E-state index contributed by atoms with van der Waals surface area (Å²) in [6.07, 6.45) is 11.6. The van der Waals surface area contributed by atoms with E-state index in [-0.39, 0.29) is 65.8 Å². The fourth-order valence-electron chi connectivity index (χ4n) is 10.3. The van der Waals surface area contributed by atoms with E-state index in [1.165, 1.54) is 0 Å². The molecule has 0 aromatic heterocycles. The molecule has 14 nitrogen and oxygen atoms in total. The highest BCUT2D eigenvalue weighted by atomic mass is 16.5. The zero-order chi connectivity index (χ0) is 54.6. The summed E-state index contributed by atoms with van der Waals surface area (Å²) in [6, 6.07) is 14.6. The van der Waals surface area contributed by atoms with E-state index in [4.69, 9.17) is 9.47 Å². The summed E-state index contributed by atoms with van der Waals surface area (Å²) in [5.74, 6) is 0.927. The molecule has 0 unspecified atom stereocenters. The van der Waals surface area contributed by atoms with Crippen molar-refractivity contribution < 1.29 is 38.2 Å². The molecule has 0 radical (unpaired) electrons. The fourth-order valence-corrected chi connectivity index (χ4v) is 10.3. The average molecular weight is 1030 g/mol. The van der Waals surface area contributed by atoms with Crippen LogP contribution >= 0.6 is 0 Å². The number of likely N-dealkylation sites (tertiary alicyclic amines) is 2. The number of methoxy groups -OCH3 is 2. The largest absolute Gasteiger partial charge is 0.497 e. The Morgan fingerprint density at radius 1 is 0.649 bits per heavy atom. The Labute approximate surface area is 445 Å². The van der Waals surface area contributed by atoms with E-state index in [0.29, 0.717) is 71.4 Å². The van der Waals surface area contributed by atoms with Gasteiger partial charge in [0.2, 0.25) is 29.5 Å². The van der Waals surface area contributed by atoms with Crippen LogP contribution < -0.4 is 20.1 Å². The van der Waals surface area contributed by atoms with Gasteiger partial charge in [-0.25, -0.2) is 0 Å². The van der Waals surface area contributed by atoms with Gasteiger partial charge in [0.05, 0.1) is 20.3 Å². The van der Waals surface area contributed by atoms with Crippen LogP contribution in [0.4, 0.5) is 0 Å². The third-order valence-electron chi connectivity index (χ3n) is 15.7. The van der Waals surface area contributed by atoms with E-state index in [2.05, 4.69) is 10.6 Å². The number of benzene rings is 2. The summed E-state index contributed by atoms with van der Waals surface area (Å²) in [5.41, 5.74) is 1.32. The molecular formula is C60H96N6O8. The number of carbonyl (C=O) groups excluding carboxylic acids is 6. The van der Waals surface area contributed by atoms with Gasteiger partial charge in [0.25, 0.3) is 0 Å². The molecule has 5 amide bonds. The first-order valence-electron chi connectivity index (χ1n) is 28.0. The first kappa shape index (κ1) is 61.6. The van der Waals surface area contributed by atoms with Crippen LogP contribution in [0.2, 0.25) is 0 Å². The molecule has 2 heterocycles. The third-order valence-corrected chi connectivity index (χ3v) is 15.7. The molecule has 6 atom stereocenters. The van der Waals surface area contributed by atoms with Crippen LogP contribution in [0, 0.1) is 22.7 Å². The number of hydrogen-bond acceptors (Lipinski definition) is 9. The fraction of sp³-hybridized carbons (Fsp3) is 0.700. The van der Waals surface area contributed by atoms with Crippen molar-refractivity contribution in [2.75, 3.05) is 60.5 Å². The maximum absolute atomic E-state index is 14.3. The lowest BCUT2D eigenvalue weighted by Gasteiger charge is -2.37. The molecule has 0 bridgehead atoms. The van der Waals surface area contributed by atoms with Crippen LogP contribution in [0.25, 0.3) is 0 Å². The van der Waals surface area contributed by atoms with Gasteiger partial charge in [-0.3, -0.25) is 28.8 Å². The Balaban J connectivity index is 1.34. The maximum Gasteiger partial charge on any atom is 0.246 e. The number of nitrogens with zero attached hydrogens (tertiary/aromatic N) is 4. The van der Waals surface area contributed by atoms with E-state index < -0.39 is 22.8 Å². The van der Waals surface area contributed by atoms with E-state index in [9.17, 15) is 28.8 Å². The zero-order valence-corrected chi connectivity index (χ0v) is 47.7. The van der Waals surface area contributed by atoms with E-state index in [1.54, 1.807) is 21.3 Å². The van der Waals surface area contributed by atoms with Gasteiger partial charge < -0.3 is 39.7 Å². The second kappa shape index (κ2) is 29.9. The van der Waals surface area contributed by atoms with Crippen molar-refractivity contribution in [3.63, 3.8) is 0 Å². The summed E-state index contributed by atoms with van der Waals surface area (Å²) >= 11 is 0. The summed E-state index contributed by atoms with van der Waals surface area (Å²) in [6.45, 7) is 21.0. The van der Waals surface area contributed by atoms with Crippen molar-refractivity contribution in [3.8, 4) is 11.5 Å². The molecule has 2 aromatic rings. The third kappa shape index (κ3) is 19.0. The van der Waals surface area contributed by atoms with Gasteiger partial charge in [0.1, 0.15) is 23.3 Å². The SMILES string of the molecule is CC[C@@H](C)C(=O)N[C@H](C(=O)N1CCC[C@H]1CN(CCc1ccc(OC)cc1)C(=O)CCCCCCCCC(=O)N(CCc1ccc(OC)cc1)C[C@@H]1CCCN1C(=O)[C@@H](CC(=O)[C@H](C)NC)C(C)(C)C)C(C)(C)C. The van der Waals surface area contributed by atoms with Crippen molar-refractivity contribution >= 4 is 35.3 Å². The Hall–Kier alpha value is -4.98. The number of likely N-dealkylation sites (N-methyl/N-ethyl adjacent to an activating group) is 1. The standard InChI is InChI=1S/C60H96N6O8/c1-13-43(2)56(70)62-55(60(7,8)9)58(72)66-37-21-23-48(66)42-64(39-35-46-28-32-50(74-12)33-29-46)54(69)25-19-17-15-14-16-18-24-53(68)63(38-34-45-26-30-49(73-11)31-27-45)41-47-22-20-36-65(47)57(71)51(59(4,5)6)40-52(67)44(3)61-10/h26-33,43-44,47-48,51,55,61H,13-25,34-42H2,1-12H3,(H,62,70)/t43-,44+,47+,48+,51-,55-/m1/s1. The molecule has 2 aromatic carbocycles. The number of amides is 5. The highest BCUT2D eigenvalue weighted by Gasteiger charge is 2.42. The monoisotopic (exact) mass is 1030 g/mol. The lowest BCUT2D eigenvalue weighted by molar-refractivity contribution is -0.144. The number of hydrogen-bond donors (Lipinski definition) is 2. The van der Waals surface area contributed by atoms with Crippen LogP contribution in [0.1, 0.15) is 163 Å². The minimum atomic E-state index is -0.668. The summed E-state index contributed by atoms with van der Waals surface area (Å²) in [5, 5.41) is 6.11. The highest BCUT2D eigenvalue weighted by Crippen LogP contribution is 2.34. The molecule has 2 saturated heterocycles. The maximum atomic E-state index is 14.3. The minimum Gasteiger partial charge on any atom is -0.497 e. The molecule has 0 saturated carbocycles. The van der Waals surface area contributed by atoms with Gasteiger partial charge >= 0.3 is 0 Å². The van der Waals surface area contributed by atoms with Crippen LogP contribution in [0.15, 0.2) is 48.5 Å². The number of carbonyl (C=O) groups is 6. The lowest BCUT2D eigenvalue weighted by Crippen LogP contribution is -2.57. The molecule has 2 fully saturated rings. The molecule has 0 spiro atoms. The van der Waals surface area contributed by atoms with Crippen molar-refractivity contribution in [3.05, 3.63) is 59.7 Å². The Bertz CT molecular complexity index is 1930. The number of Topliss-reactive ketones (excluding diaryl/α,β-unsaturated/α-hetero) is 1. The molecule has 14 heteroatoms. The van der Waals surface area contributed by atoms with Gasteiger partial charge in [-0.1, -0.05) is 105 Å². The zero-order valence-electron chi connectivity index (χ0n) is 47.7. The molecule has 0 aliphatic carbocycles. The van der Waals surface area contributed by atoms with Crippen molar-refractivity contribution in [1.29, 1.82) is 0 Å². The average Bonchev–Trinajstić information content (AvgIpc) is 4.06. The first-order valence-corrected chi connectivity index (χ1v) is 28.0. The van der Waals surface area contributed by atoms with Gasteiger partial charge in [-0.05, 0) is 118 Å². The van der Waals surface area contributed by atoms with Gasteiger partial charge in [0, 0.05) is 82.5 Å². The predicted molar refractivity (Wildman–Crippen MR) is 295 cm³/mol. The first-order chi connectivity index (χ1) is 35.1. The summed E-state index contributed by atoms with van der Waals surface area (Å²) in [7, 11) is 5.05. The molecule has 2 aliphatic rings. The second-order valence-electron chi connectivity index (χ2n) is 23.4. The topological polar surface area (TPSA) is 158 Å². The van der Waals surface area contributed by atoms with Crippen LogP contribution in [0.5, 0.6) is 11.5 Å². The molecule has 74 heavy (non-hydrogen) atoms. The molecule has 4 rings (SSSR count). The number of ketones is 1. The summed E-state index contributed by atoms with van der Waals surface area (Å²) < 4.78 is 10.7. The van der Waals surface area contributed by atoms with E-state index in [0.717, 1.165) is 86.8 Å². The molecule has 2 N–H and O–H groups in total. The number of rotatable bonds is 30. The molecular weight excluding hydrogens is 933 g/mol. The van der Waals surface area contributed by atoms with Gasteiger partial charge in [-0.2, -0.15) is 0 Å².